The van der Waals surface area contributed by atoms with Gasteiger partial charge in [0.1, 0.15) is 5.03 Å². The fourth-order valence-electron chi connectivity index (χ4n) is 3.75. The number of hydrazone groups is 1. The highest BCUT2D eigenvalue weighted by molar-refractivity contribution is 7.98. The summed E-state index contributed by atoms with van der Waals surface area (Å²) in [7, 11) is 0. The van der Waals surface area contributed by atoms with E-state index < -0.39 is 4.92 Å². The lowest BCUT2D eigenvalue weighted by Gasteiger charge is -2.19. The molecule has 1 aromatic heterocycles. The van der Waals surface area contributed by atoms with Crippen molar-refractivity contribution >= 4 is 23.3 Å². The van der Waals surface area contributed by atoms with E-state index in [4.69, 9.17) is 5.10 Å². The topological polar surface area (TPSA) is 101 Å². The molecular formula is C25H23N7O2S. The summed E-state index contributed by atoms with van der Waals surface area (Å²) in [6, 6.07) is 27.1. The largest absolute Gasteiger partial charge is 0.269 e. The molecule has 0 fully saturated rings. The number of thioether (sulfide) groups is 1. The van der Waals surface area contributed by atoms with Crippen molar-refractivity contribution in [2.75, 3.05) is 0 Å². The van der Waals surface area contributed by atoms with Crippen molar-refractivity contribution in [2.24, 2.45) is 5.10 Å². The minimum Gasteiger partial charge on any atom is -0.266 e. The molecule has 0 spiro atoms. The first-order valence-electron chi connectivity index (χ1n) is 11.0. The zero-order valence-corrected chi connectivity index (χ0v) is 19.6. The summed E-state index contributed by atoms with van der Waals surface area (Å²) < 4.78 is 2.00. The van der Waals surface area contributed by atoms with Crippen molar-refractivity contribution in [3.8, 4) is 0 Å². The van der Waals surface area contributed by atoms with E-state index in [0.717, 1.165) is 27.5 Å². The second kappa shape index (κ2) is 10.4. The maximum atomic E-state index is 11.0. The van der Waals surface area contributed by atoms with Gasteiger partial charge in [-0.05, 0) is 16.7 Å². The van der Waals surface area contributed by atoms with Crippen LogP contribution in [0, 0.1) is 10.1 Å². The molecule has 5 rings (SSSR count). The van der Waals surface area contributed by atoms with Gasteiger partial charge in [-0.2, -0.15) is 5.10 Å². The number of hydrogen-bond acceptors (Lipinski definition) is 8. The van der Waals surface area contributed by atoms with Gasteiger partial charge in [0.05, 0.1) is 29.8 Å². The second-order valence-corrected chi connectivity index (χ2v) is 8.91. The van der Waals surface area contributed by atoms with Crippen LogP contribution in [-0.2, 0) is 18.8 Å². The van der Waals surface area contributed by atoms with Gasteiger partial charge in [0.25, 0.3) is 5.69 Å². The third kappa shape index (κ3) is 5.34. The Morgan fingerprint density at radius 1 is 0.857 bits per heavy atom. The monoisotopic (exact) mass is 485 g/mol. The van der Waals surface area contributed by atoms with Crippen molar-refractivity contribution in [3.63, 3.8) is 0 Å². The summed E-state index contributed by atoms with van der Waals surface area (Å²) in [6.45, 7) is 1.12. The SMILES string of the molecule is O=[N+]([O-])c1ccc(CN2NNN=C2c2cnn(Cc3ccccc3)c2SCc2ccccc2)cc1. The lowest BCUT2D eigenvalue weighted by molar-refractivity contribution is -0.384. The molecule has 0 saturated heterocycles. The maximum Gasteiger partial charge on any atom is 0.269 e. The molecule has 35 heavy (non-hydrogen) atoms. The third-order valence-corrected chi connectivity index (χ3v) is 6.70. The number of nitrogens with zero attached hydrogens (tertiary/aromatic N) is 5. The lowest BCUT2D eigenvalue weighted by atomic mass is 10.2. The van der Waals surface area contributed by atoms with Crippen LogP contribution in [-0.4, -0.2) is 25.5 Å². The number of aromatic nitrogens is 2. The molecule has 2 heterocycles. The molecule has 9 nitrogen and oxygen atoms in total. The van der Waals surface area contributed by atoms with Crippen molar-refractivity contribution < 1.29 is 4.92 Å². The molecule has 1 aliphatic rings. The molecule has 0 radical (unpaired) electrons. The number of non-ortho nitro benzene ring substituents is 1. The predicted octanol–water partition coefficient (Wildman–Crippen LogP) is 4.32. The number of benzene rings is 3. The van der Waals surface area contributed by atoms with Gasteiger partial charge in [0, 0.05) is 17.9 Å². The first-order valence-corrected chi connectivity index (χ1v) is 12.0. The fraction of sp³-hybridized carbons (Fsp3) is 0.120. The van der Waals surface area contributed by atoms with Crippen molar-refractivity contribution in [3.05, 3.63) is 123 Å². The van der Waals surface area contributed by atoms with E-state index in [0.29, 0.717) is 18.9 Å². The van der Waals surface area contributed by atoms with Gasteiger partial charge >= 0.3 is 0 Å². The van der Waals surface area contributed by atoms with Crippen LogP contribution >= 0.6 is 11.8 Å². The van der Waals surface area contributed by atoms with Gasteiger partial charge < -0.3 is 0 Å². The van der Waals surface area contributed by atoms with E-state index in [1.54, 1.807) is 23.9 Å². The Kier molecular flexibility index (Phi) is 6.73. The Balaban J connectivity index is 1.41. The van der Waals surface area contributed by atoms with E-state index in [2.05, 4.69) is 40.4 Å². The number of rotatable bonds is 9. The zero-order valence-electron chi connectivity index (χ0n) is 18.7. The Morgan fingerprint density at radius 3 is 2.20 bits per heavy atom. The van der Waals surface area contributed by atoms with Gasteiger partial charge in [-0.1, -0.05) is 72.8 Å². The number of hydrogen-bond donors (Lipinski definition) is 2. The maximum absolute atomic E-state index is 11.0. The van der Waals surface area contributed by atoms with Crippen LogP contribution in [0.3, 0.4) is 0 Å². The highest BCUT2D eigenvalue weighted by Gasteiger charge is 2.25. The lowest BCUT2D eigenvalue weighted by Crippen LogP contribution is -2.40. The number of hydrazine groups is 2. The van der Waals surface area contributed by atoms with Crippen LogP contribution in [0.15, 0.2) is 101 Å². The molecule has 0 amide bonds. The Morgan fingerprint density at radius 2 is 1.51 bits per heavy atom. The smallest absolute Gasteiger partial charge is 0.266 e. The number of nitro groups is 1. The van der Waals surface area contributed by atoms with E-state index in [-0.39, 0.29) is 5.69 Å². The minimum absolute atomic E-state index is 0.0666. The average molecular weight is 486 g/mol. The van der Waals surface area contributed by atoms with Crippen LogP contribution in [0.5, 0.6) is 0 Å². The van der Waals surface area contributed by atoms with Crippen LogP contribution < -0.4 is 11.1 Å². The van der Waals surface area contributed by atoms with Gasteiger partial charge in [0.2, 0.25) is 0 Å². The first kappa shape index (κ1) is 22.6. The molecule has 0 saturated carbocycles. The third-order valence-electron chi connectivity index (χ3n) is 5.52. The van der Waals surface area contributed by atoms with Crippen molar-refractivity contribution in [2.45, 2.75) is 23.9 Å². The quantitative estimate of drug-likeness (QED) is 0.207. The molecule has 0 unspecified atom stereocenters. The molecule has 0 bridgehead atoms. The number of amidine groups is 1. The molecule has 2 N–H and O–H groups in total. The van der Waals surface area contributed by atoms with Gasteiger partial charge in [-0.3, -0.25) is 19.8 Å². The standard InChI is InChI=1S/C25H23N7O2S/c33-32(34)22-13-11-20(12-14-22)16-30-24(27-28-29-30)23-15-26-31(17-19-7-3-1-4-8-19)25(23)35-18-21-9-5-2-6-10-21/h1-15,28-29H,16-18H2. The number of nitro benzene ring substituents is 1. The first-order chi connectivity index (χ1) is 17.2. The molecule has 0 atom stereocenters. The summed E-state index contributed by atoms with van der Waals surface area (Å²) >= 11 is 1.72. The van der Waals surface area contributed by atoms with Gasteiger partial charge in [-0.25, -0.2) is 5.53 Å². The Hall–Kier alpha value is -4.15. The zero-order chi connectivity index (χ0) is 24.0. The molecule has 0 aliphatic carbocycles. The van der Waals surface area contributed by atoms with Crippen molar-refractivity contribution in [1.29, 1.82) is 0 Å². The summed E-state index contributed by atoms with van der Waals surface area (Å²) in [6.07, 6.45) is 1.84. The Bertz CT molecular complexity index is 1330. The average Bonchev–Trinajstić information content (AvgIpc) is 3.50. The van der Waals surface area contributed by atoms with Crippen molar-refractivity contribution in [1.82, 2.24) is 25.9 Å². The highest BCUT2D eigenvalue weighted by atomic mass is 32.2. The predicted molar refractivity (Wildman–Crippen MR) is 135 cm³/mol. The summed E-state index contributed by atoms with van der Waals surface area (Å²) in [5.41, 5.74) is 10.2. The number of nitrogens with one attached hydrogen (secondary N) is 2. The van der Waals surface area contributed by atoms with Crippen LogP contribution in [0.4, 0.5) is 5.69 Å². The normalized spacial score (nSPS) is 12.9. The van der Waals surface area contributed by atoms with Crippen LogP contribution in [0.25, 0.3) is 0 Å². The molecule has 10 heteroatoms. The van der Waals surface area contributed by atoms with E-state index in [9.17, 15) is 10.1 Å². The molecule has 4 aromatic rings. The molecular weight excluding hydrogens is 462 g/mol. The van der Waals surface area contributed by atoms with E-state index >= 15 is 0 Å². The van der Waals surface area contributed by atoms with Gasteiger partial charge in [0.15, 0.2) is 5.84 Å². The summed E-state index contributed by atoms with van der Waals surface area (Å²) in [4.78, 5) is 10.6. The summed E-state index contributed by atoms with van der Waals surface area (Å²) in [5, 5.41) is 23.0. The Labute approximate surface area is 206 Å². The molecule has 176 valence electrons. The second-order valence-electron chi connectivity index (χ2n) is 7.95. The van der Waals surface area contributed by atoms with Gasteiger partial charge in [-0.15, -0.1) is 22.4 Å². The highest BCUT2D eigenvalue weighted by Crippen LogP contribution is 2.29. The van der Waals surface area contributed by atoms with Crippen LogP contribution in [0.1, 0.15) is 22.3 Å². The fourth-order valence-corrected chi connectivity index (χ4v) is 4.81. The van der Waals surface area contributed by atoms with Crippen LogP contribution in [0.2, 0.25) is 0 Å². The molecule has 3 aromatic carbocycles. The molecule has 1 aliphatic heterocycles. The van der Waals surface area contributed by atoms with E-state index in [1.165, 1.54) is 17.7 Å². The van der Waals surface area contributed by atoms with E-state index in [1.807, 2.05) is 52.3 Å². The summed E-state index contributed by atoms with van der Waals surface area (Å²) in [5.74, 6) is 1.50. The minimum atomic E-state index is -0.399.